The number of fused-ring (bicyclic) bond motifs is 1. The molecular formula is C27H30FN3O2. The van der Waals surface area contributed by atoms with Gasteiger partial charge in [0.05, 0.1) is 0 Å². The largest absolute Gasteiger partial charge is 0.348 e. The number of halogens is 1. The Morgan fingerprint density at radius 1 is 1.00 bits per heavy atom. The standard InChI is InChI=1S/C27H30FN3O2/c1-3-15-30(27(33)21-13-11-20(4-2)12-14-21)19-25(32)31-18-17-29-16-7-10-24(29)26(31)22-8-5-6-9-23(22)28/h5-14,16,26H,3-4,15,17-19H2,1-2H3/t26-/m1/s1. The topological polar surface area (TPSA) is 45.6 Å². The van der Waals surface area contributed by atoms with Crippen molar-refractivity contribution in [2.75, 3.05) is 19.6 Å². The summed E-state index contributed by atoms with van der Waals surface area (Å²) < 4.78 is 16.9. The predicted molar refractivity (Wildman–Crippen MR) is 126 cm³/mol. The molecule has 1 aromatic heterocycles. The fourth-order valence-electron chi connectivity index (χ4n) is 4.52. The Labute approximate surface area is 194 Å². The first-order valence-electron chi connectivity index (χ1n) is 11.6. The number of hydrogen-bond donors (Lipinski definition) is 0. The van der Waals surface area contributed by atoms with Gasteiger partial charge in [-0.3, -0.25) is 9.59 Å². The van der Waals surface area contributed by atoms with Gasteiger partial charge in [-0.05, 0) is 48.7 Å². The van der Waals surface area contributed by atoms with Crippen LogP contribution in [0, 0.1) is 5.82 Å². The molecule has 0 N–H and O–H groups in total. The maximum Gasteiger partial charge on any atom is 0.254 e. The van der Waals surface area contributed by atoms with E-state index in [1.54, 1.807) is 28.0 Å². The Balaban J connectivity index is 1.60. The minimum atomic E-state index is -0.523. The third-order valence-electron chi connectivity index (χ3n) is 6.27. The first-order valence-corrected chi connectivity index (χ1v) is 11.6. The molecule has 0 spiro atoms. The van der Waals surface area contributed by atoms with E-state index in [-0.39, 0.29) is 24.2 Å². The Kier molecular flexibility index (Phi) is 6.92. The highest BCUT2D eigenvalue weighted by molar-refractivity contribution is 5.96. The summed E-state index contributed by atoms with van der Waals surface area (Å²) in [4.78, 5) is 30.1. The van der Waals surface area contributed by atoms with Gasteiger partial charge in [0.2, 0.25) is 5.91 Å². The second-order valence-electron chi connectivity index (χ2n) is 8.41. The highest BCUT2D eigenvalue weighted by atomic mass is 19.1. The van der Waals surface area contributed by atoms with Crippen LogP contribution in [0.2, 0.25) is 0 Å². The van der Waals surface area contributed by atoms with Crippen molar-refractivity contribution in [3.8, 4) is 0 Å². The Morgan fingerprint density at radius 2 is 1.76 bits per heavy atom. The van der Waals surface area contributed by atoms with Crippen LogP contribution in [0.5, 0.6) is 0 Å². The quantitative estimate of drug-likeness (QED) is 0.528. The van der Waals surface area contributed by atoms with Gasteiger partial charge in [0.25, 0.3) is 5.91 Å². The van der Waals surface area contributed by atoms with Crippen molar-refractivity contribution in [1.82, 2.24) is 14.4 Å². The molecule has 33 heavy (non-hydrogen) atoms. The average molecular weight is 448 g/mol. The summed E-state index contributed by atoms with van der Waals surface area (Å²) in [6.07, 6.45) is 3.60. The minimum Gasteiger partial charge on any atom is -0.348 e. The third kappa shape index (κ3) is 4.70. The molecule has 0 saturated heterocycles. The first-order chi connectivity index (χ1) is 16.0. The number of rotatable bonds is 7. The molecular weight excluding hydrogens is 417 g/mol. The van der Waals surface area contributed by atoms with Crippen molar-refractivity contribution >= 4 is 11.8 Å². The third-order valence-corrected chi connectivity index (χ3v) is 6.27. The molecule has 1 aliphatic rings. The van der Waals surface area contributed by atoms with Crippen LogP contribution in [0.4, 0.5) is 4.39 Å². The zero-order valence-electron chi connectivity index (χ0n) is 19.2. The van der Waals surface area contributed by atoms with Gasteiger partial charge in [-0.25, -0.2) is 4.39 Å². The average Bonchev–Trinajstić information content (AvgIpc) is 3.32. The smallest absolute Gasteiger partial charge is 0.254 e. The molecule has 0 bridgehead atoms. The van der Waals surface area contributed by atoms with Crippen LogP contribution in [-0.4, -0.2) is 45.8 Å². The van der Waals surface area contributed by atoms with Gasteiger partial charge in [-0.15, -0.1) is 0 Å². The number of carbonyl (C=O) groups is 2. The van der Waals surface area contributed by atoms with E-state index in [9.17, 15) is 14.0 Å². The lowest BCUT2D eigenvalue weighted by Crippen LogP contribution is -2.48. The van der Waals surface area contributed by atoms with Crippen LogP contribution in [0.25, 0.3) is 0 Å². The molecule has 0 aliphatic carbocycles. The fourth-order valence-corrected chi connectivity index (χ4v) is 4.52. The number of nitrogens with zero attached hydrogens (tertiary/aromatic N) is 3. The lowest BCUT2D eigenvalue weighted by atomic mass is 9.99. The number of carbonyl (C=O) groups excluding carboxylic acids is 2. The van der Waals surface area contributed by atoms with Gasteiger partial charge in [-0.1, -0.05) is 44.2 Å². The molecule has 2 heterocycles. The van der Waals surface area contributed by atoms with E-state index in [1.807, 2.05) is 49.5 Å². The fraction of sp³-hybridized carbons (Fsp3) is 0.333. The van der Waals surface area contributed by atoms with E-state index in [1.165, 1.54) is 6.07 Å². The predicted octanol–water partition coefficient (Wildman–Crippen LogP) is 4.67. The van der Waals surface area contributed by atoms with Gasteiger partial charge in [0.15, 0.2) is 0 Å². The summed E-state index contributed by atoms with van der Waals surface area (Å²) in [5.74, 6) is -0.675. The van der Waals surface area contributed by atoms with Gasteiger partial charge in [0.1, 0.15) is 18.4 Å². The molecule has 5 nitrogen and oxygen atoms in total. The molecule has 4 rings (SSSR count). The number of amides is 2. The van der Waals surface area contributed by atoms with Crippen LogP contribution < -0.4 is 0 Å². The van der Waals surface area contributed by atoms with Gasteiger partial charge >= 0.3 is 0 Å². The SMILES string of the molecule is CCCN(CC(=O)N1CCn2cccc2[C@H]1c1ccccc1F)C(=O)c1ccc(CC)cc1. The van der Waals surface area contributed by atoms with E-state index in [4.69, 9.17) is 0 Å². The Hall–Kier alpha value is -3.41. The molecule has 2 aromatic carbocycles. The maximum absolute atomic E-state index is 14.8. The second kappa shape index (κ2) is 10.0. The molecule has 3 aromatic rings. The molecule has 6 heteroatoms. The zero-order valence-corrected chi connectivity index (χ0v) is 19.2. The van der Waals surface area contributed by atoms with E-state index >= 15 is 0 Å². The molecule has 0 unspecified atom stereocenters. The highest BCUT2D eigenvalue weighted by Crippen LogP contribution is 2.34. The van der Waals surface area contributed by atoms with Crippen molar-refractivity contribution < 1.29 is 14.0 Å². The number of aryl methyl sites for hydroxylation is 1. The number of hydrogen-bond acceptors (Lipinski definition) is 2. The molecule has 0 fully saturated rings. The molecule has 0 saturated carbocycles. The highest BCUT2D eigenvalue weighted by Gasteiger charge is 2.34. The van der Waals surface area contributed by atoms with E-state index in [2.05, 4.69) is 11.5 Å². The van der Waals surface area contributed by atoms with Gasteiger partial charge < -0.3 is 14.4 Å². The molecule has 2 amide bonds. The number of aromatic nitrogens is 1. The van der Waals surface area contributed by atoms with Crippen molar-refractivity contribution in [3.05, 3.63) is 95.1 Å². The van der Waals surface area contributed by atoms with E-state index < -0.39 is 6.04 Å². The van der Waals surface area contributed by atoms with Gasteiger partial charge in [0, 0.05) is 42.7 Å². The van der Waals surface area contributed by atoms with Crippen molar-refractivity contribution in [3.63, 3.8) is 0 Å². The summed E-state index contributed by atoms with van der Waals surface area (Å²) in [6.45, 7) is 5.60. The summed E-state index contributed by atoms with van der Waals surface area (Å²) in [6, 6.07) is 17.5. The van der Waals surface area contributed by atoms with Crippen molar-refractivity contribution in [2.24, 2.45) is 0 Å². The molecule has 1 atom stereocenters. The Bertz CT molecular complexity index is 1120. The normalized spacial score (nSPS) is 15.2. The summed E-state index contributed by atoms with van der Waals surface area (Å²) in [5, 5.41) is 0. The van der Waals surface area contributed by atoms with Crippen LogP contribution in [-0.2, 0) is 17.8 Å². The maximum atomic E-state index is 14.8. The van der Waals surface area contributed by atoms with Gasteiger partial charge in [-0.2, -0.15) is 0 Å². The lowest BCUT2D eigenvalue weighted by molar-refractivity contribution is -0.134. The summed E-state index contributed by atoms with van der Waals surface area (Å²) >= 11 is 0. The summed E-state index contributed by atoms with van der Waals surface area (Å²) in [5.41, 5.74) is 3.08. The zero-order chi connectivity index (χ0) is 23.4. The van der Waals surface area contributed by atoms with Crippen LogP contribution in [0.3, 0.4) is 0 Å². The van der Waals surface area contributed by atoms with E-state index in [0.717, 1.165) is 24.1 Å². The Morgan fingerprint density at radius 3 is 2.45 bits per heavy atom. The van der Waals surface area contributed by atoms with Crippen LogP contribution in [0.1, 0.15) is 53.5 Å². The molecule has 0 radical (unpaired) electrons. The van der Waals surface area contributed by atoms with Crippen LogP contribution in [0.15, 0.2) is 66.9 Å². The first kappa shape index (κ1) is 22.8. The monoisotopic (exact) mass is 447 g/mol. The molecule has 172 valence electrons. The van der Waals surface area contributed by atoms with E-state index in [0.29, 0.717) is 30.8 Å². The number of benzene rings is 2. The summed E-state index contributed by atoms with van der Waals surface area (Å²) in [7, 11) is 0. The van der Waals surface area contributed by atoms with Crippen molar-refractivity contribution in [1.29, 1.82) is 0 Å². The van der Waals surface area contributed by atoms with Crippen LogP contribution >= 0.6 is 0 Å². The lowest BCUT2D eigenvalue weighted by Gasteiger charge is -2.38. The van der Waals surface area contributed by atoms with Crippen molar-refractivity contribution in [2.45, 2.75) is 39.3 Å². The second-order valence-corrected chi connectivity index (χ2v) is 8.41. The minimum absolute atomic E-state index is 0.0339. The molecule has 1 aliphatic heterocycles.